The second-order valence-corrected chi connectivity index (χ2v) is 5.54. The Morgan fingerprint density at radius 1 is 1.36 bits per heavy atom. The summed E-state index contributed by atoms with van der Waals surface area (Å²) >= 11 is 0. The van der Waals surface area contributed by atoms with Crippen LogP contribution in [0.5, 0.6) is 0 Å². The first-order chi connectivity index (χ1) is 9.82. The number of anilines is 1. The summed E-state index contributed by atoms with van der Waals surface area (Å²) in [4.78, 5) is 23.0. The molecule has 1 aliphatic heterocycles. The van der Waals surface area contributed by atoms with E-state index in [1.165, 1.54) is 12.1 Å². The number of amides is 1. The smallest absolute Gasteiger partial charge is 0.461 e. The van der Waals surface area contributed by atoms with Gasteiger partial charge >= 0.3 is 35.5 Å². The third-order valence-corrected chi connectivity index (χ3v) is 3.53. The number of nitrogens with zero attached hydrogens (tertiary/aromatic N) is 2. The summed E-state index contributed by atoms with van der Waals surface area (Å²) in [6.45, 7) is 1.82. The van der Waals surface area contributed by atoms with Crippen LogP contribution in [-0.2, 0) is 24.4 Å². The first-order valence-corrected chi connectivity index (χ1v) is 7.42. The van der Waals surface area contributed by atoms with E-state index in [2.05, 4.69) is 5.10 Å². The Hall–Kier alpha value is -1.26. The number of carbonyl (C=O) groups excluding carboxylic acids is 2. The summed E-state index contributed by atoms with van der Waals surface area (Å²) in [7, 11) is -4.30. The second-order valence-electron chi connectivity index (χ2n) is 4.12. The minimum absolute atomic E-state index is 0. The van der Waals surface area contributed by atoms with Gasteiger partial charge in [0, 0.05) is 0 Å². The van der Waals surface area contributed by atoms with Gasteiger partial charge in [0.15, 0.2) is 5.71 Å². The van der Waals surface area contributed by atoms with Gasteiger partial charge in [-0.2, -0.15) is 18.5 Å². The molecule has 8 nitrogen and oxygen atoms in total. The third-order valence-electron chi connectivity index (χ3n) is 2.67. The summed E-state index contributed by atoms with van der Waals surface area (Å²) in [6.07, 6.45) is -0.182. The van der Waals surface area contributed by atoms with E-state index in [1.54, 1.807) is 6.92 Å². The molecule has 1 aromatic rings. The van der Waals surface area contributed by atoms with E-state index in [-0.39, 0.29) is 58.9 Å². The van der Waals surface area contributed by atoms with Crippen molar-refractivity contribution in [3.8, 4) is 0 Å². The zero-order chi connectivity index (χ0) is 15.6. The van der Waals surface area contributed by atoms with E-state index in [1.807, 2.05) is 0 Å². The Morgan fingerprint density at radius 2 is 1.95 bits per heavy atom. The molecule has 0 atom stereocenters. The summed E-state index contributed by atoms with van der Waals surface area (Å²) in [5, 5.41) is 4.85. The van der Waals surface area contributed by atoms with Crippen LogP contribution in [0.3, 0.4) is 0 Å². The van der Waals surface area contributed by atoms with Gasteiger partial charge in [0.25, 0.3) is 16.0 Å². The Bertz CT molecular complexity index is 714. The fraction of sp³-hybridized carbons (Fsp3) is 0.250. The Morgan fingerprint density at radius 3 is 2.45 bits per heavy atom. The van der Waals surface area contributed by atoms with Crippen molar-refractivity contribution >= 4 is 33.4 Å². The monoisotopic (exact) mass is 335 g/mol. The van der Waals surface area contributed by atoms with Gasteiger partial charge in [0.05, 0.1) is 23.6 Å². The minimum Gasteiger partial charge on any atom is -0.461 e. The topological polar surface area (TPSA) is 113 Å². The largest absolute Gasteiger partial charge is 1.00 e. The van der Waals surface area contributed by atoms with Crippen LogP contribution in [0.25, 0.3) is 0 Å². The molecule has 0 radical (unpaired) electrons. The van der Waals surface area contributed by atoms with E-state index in [0.717, 1.165) is 17.1 Å². The number of hydrogen-bond donors (Lipinski definition) is 1. The summed E-state index contributed by atoms with van der Waals surface area (Å²) in [6, 6.07) is 4.88. The predicted octanol–water partition coefficient (Wildman–Crippen LogP) is -2.41. The third kappa shape index (κ3) is 4.14. The molecule has 0 saturated carbocycles. The molecule has 2 rings (SSSR count). The van der Waals surface area contributed by atoms with Crippen LogP contribution < -0.4 is 34.6 Å². The van der Waals surface area contributed by atoms with Crippen molar-refractivity contribution in [2.24, 2.45) is 5.10 Å². The first kappa shape index (κ1) is 18.8. The van der Waals surface area contributed by atoms with E-state index < -0.39 is 22.0 Å². The van der Waals surface area contributed by atoms with Crippen molar-refractivity contribution in [3.63, 3.8) is 0 Å². The molecule has 1 amide bonds. The van der Waals surface area contributed by atoms with Crippen molar-refractivity contribution in [2.75, 3.05) is 11.6 Å². The average molecular weight is 335 g/mol. The van der Waals surface area contributed by atoms with Crippen LogP contribution in [0.4, 0.5) is 5.69 Å². The Labute approximate surface area is 149 Å². The number of hydrazone groups is 1. The SMILES string of the molecule is CCOC(=O)C1=NN(c2ccc(S(=O)(=O)O)cc2)C(=O)C1.[Na+]. The molecule has 22 heavy (non-hydrogen) atoms. The summed E-state index contributed by atoms with van der Waals surface area (Å²) in [5.41, 5.74) is 0.271. The number of esters is 1. The molecule has 0 fully saturated rings. The molecule has 1 N–H and O–H groups in total. The fourth-order valence-electron chi connectivity index (χ4n) is 1.72. The molecular formula is C12H12N2NaO6S+. The Kier molecular flexibility index (Phi) is 6.27. The molecule has 0 aliphatic carbocycles. The maximum absolute atomic E-state index is 11.8. The molecule has 1 heterocycles. The molecule has 0 aromatic heterocycles. The zero-order valence-electron chi connectivity index (χ0n) is 12.0. The zero-order valence-corrected chi connectivity index (χ0v) is 14.8. The van der Waals surface area contributed by atoms with Gasteiger partial charge in [-0.15, -0.1) is 0 Å². The number of rotatable bonds is 4. The maximum Gasteiger partial charge on any atom is 1.00 e. The quantitative estimate of drug-likeness (QED) is 0.373. The number of benzene rings is 1. The number of hydrogen-bond acceptors (Lipinski definition) is 6. The molecule has 0 saturated heterocycles. The summed E-state index contributed by atoms with van der Waals surface area (Å²) < 4.78 is 35.5. The molecular weight excluding hydrogens is 323 g/mol. The number of ether oxygens (including phenoxy) is 1. The molecule has 10 heteroatoms. The van der Waals surface area contributed by atoms with Gasteiger partial charge in [0.2, 0.25) is 0 Å². The van der Waals surface area contributed by atoms with E-state index in [0.29, 0.717) is 0 Å². The normalized spacial score (nSPS) is 14.4. The second kappa shape index (κ2) is 7.34. The van der Waals surface area contributed by atoms with Crippen LogP contribution in [-0.4, -0.2) is 37.2 Å². The van der Waals surface area contributed by atoms with Gasteiger partial charge in [-0.3, -0.25) is 9.35 Å². The van der Waals surface area contributed by atoms with E-state index >= 15 is 0 Å². The van der Waals surface area contributed by atoms with Crippen molar-refractivity contribution < 1.29 is 56.9 Å². The number of carbonyl (C=O) groups is 2. The van der Waals surface area contributed by atoms with Crippen molar-refractivity contribution in [2.45, 2.75) is 18.2 Å². The molecule has 0 spiro atoms. The van der Waals surface area contributed by atoms with Crippen LogP contribution in [0, 0.1) is 0 Å². The Balaban J connectivity index is 0.00000242. The molecule has 1 aliphatic rings. The van der Waals surface area contributed by atoms with Crippen molar-refractivity contribution in [1.82, 2.24) is 0 Å². The van der Waals surface area contributed by atoms with Crippen LogP contribution in [0.2, 0.25) is 0 Å². The van der Waals surface area contributed by atoms with E-state index in [9.17, 15) is 18.0 Å². The maximum atomic E-state index is 11.8. The van der Waals surface area contributed by atoms with Gasteiger partial charge in [-0.25, -0.2) is 4.79 Å². The molecule has 0 bridgehead atoms. The standard InChI is InChI=1S/C12H12N2O6S.Na/c1-2-20-12(16)10-7-11(15)14(13-10)8-3-5-9(6-4-8)21(17,18)19;/h3-6H,2,7H2,1H3,(H,17,18,19);/q;+1. The van der Waals surface area contributed by atoms with Gasteiger partial charge in [-0.05, 0) is 31.2 Å². The van der Waals surface area contributed by atoms with Crippen LogP contribution in [0.1, 0.15) is 13.3 Å². The van der Waals surface area contributed by atoms with Crippen LogP contribution >= 0.6 is 0 Å². The molecule has 112 valence electrons. The first-order valence-electron chi connectivity index (χ1n) is 5.98. The van der Waals surface area contributed by atoms with Crippen LogP contribution in [0.15, 0.2) is 34.3 Å². The molecule has 1 aromatic carbocycles. The van der Waals surface area contributed by atoms with Crippen molar-refractivity contribution in [1.29, 1.82) is 0 Å². The predicted molar refractivity (Wildman–Crippen MR) is 72.4 cm³/mol. The average Bonchev–Trinajstić information content (AvgIpc) is 2.80. The van der Waals surface area contributed by atoms with Crippen molar-refractivity contribution in [3.05, 3.63) is 24.3 Å². The molecule has 0 unspecified atom stereocenters. The van der Waals surface area contributed by atoms with E-state index in [4.69, 9.17) is 9.29 Å². The van der Waals surface area contributed by atoms with Gasteiger partial charge < -0.3 is 4.74 Å². The van der Waals surface area contributed by atoms with Gasteiger partial charge in [-0.1, -0.05) is 0 Å². The van der Waals surface area contributed by atoms with Gasteiger partial charge in [0.1, 0.15) is 0 Å². The summed E-state index contributed by atoms with van der Waals surface area (Å²) in [5.74, 6) is -1.10. The minimum atomic E-state index is -4.30. The fourth-order valence-corrected chi connectivity index (χ4v) is 2.20.